The van der Waals surface area contributed by atoms with Crippen molar-refractivity contribution in [3.63, 3.8) is 0 Å². The van der Waals surface area contributed by atoms with Crippen LogP contribution in [-0.4, -0.2) is 12.6 Å². The van der Waals surface area contributed by atoms with E-state index in [0.29, 0.717) is 0 Å². The third kappa shape index (κ3) is 5.47. The molecule has 0 radical (unpaired) electrons. The summed E-state index contributed by atoms with van der Waals surface area (Å²) in [6, 6.07) is 8.41. The lowest BCUT2D eigenvalue weighted by molar-refractivity contribution is 1.35. The number of rotatable bonds is 3. The summed E-state index contributed by atoms with van der Waals surface area (Å²) in [7, 11) is 0. The molecule has 0 aliphatic carbocycles. The summed E-state index contributed by atoms with van der Waals surface area (Å²) in [4.78, 5) is 5.02. The molecule has 0 aliphatic heterocycles. The van der Waals surface area contributed by atoms with Crippen molar-refractivity contribution in [2.45, 2.75) is 25.7 Å². The highest BCUT2D eigenvalue weighted by Crippen LogP contribution is 2.17. The zero-order chi connectivity index (χ0) is 10.1. The van der Waals surface area contributed by atoms with Crippen molar-refractivity contribution in [1.29, 1.82) is 0 Å². The fourth-order valence-electron chi connectivity index (χ4n) is 0.755. The Bertz CT molecular complexity index is 228. The quantitative estimate of drug-likeness (QED) is 0.528. The van der Waals surface area contributed by atoms with Crippen molar-refractivity contribution in [3.05, 3.63) is 29.8 Å². The molecule has 1 aromatic carbocycles. The lowest BCUT2D eigenvalue weighted by atomic mass is 10.2. The van der Waals surface area contributed by atoms with E-state index in [9.17, 15) is 0 Å². The van der Waals surface area contributed by atoms with E-state index in [0.717, 1.165) is 5.88 Å². The van der Waals surface area contributed by atoms with E-state index in [1.165, 1.54) is 10.5 Å². The molecule has 0 N–H and O–H groups in total. The highest BCUT2D eigenvalue weighted by Gasteiger charge is 1.89. The van der Waals surface area contributed by atoms with Crippen LogP contribution >= 0.6 is 11.8 Å². The summed E-state index contributed by atoms with van der Waals surface area (Å²) in [5.74, 6) is 0.739. The van der Waals surface area contributed by atoms with E-state index in [-0.39, 0.29) is 0 Å². The van der Waals surface area contributed by atoms with E-state index in [1.54, 1.807) is 11.8 Å². The first kappa shape index (κ1) is 12.2. The van der Waals surface area contributed by atoms with Crippen molar-refractivity contribution < 1.29 is 0 Å². The Morgan fingerprint density at radius 2 is 1.77 bits per heavy atom. The molecule has 0 fully saturated rings. The van der Waals surface area contributed by atoms with E-state index in [4.69, 9.17) is 0 Å². The number of hydrogen-bond acceptors (Lipinski definition) is 2. The number of hydrogen-bond donors (Lipinski definition) is 0. The van der Waals surface area contributed by atoms with Crippen LogP contribution in [0.2, 0.25) is 0 Å². The number of nitrogens with zero attached hydrogens (tertiary/aromatic N) is 1. The van der Waals surface area contributed by atoms with E-state index in [1.807, 2.05) is 13.8 Å². The first-order valence-electron chi connectivity index (χ1n) is 4.45. The number of aryl methyl sites for hydroxylation is 1. The predicted octanol–water partition coefficient (Wildman–Crippen LogP) is 3.77. The van der Waals surface area contributed by atoms with Gasteiger partial charge in [-0.3, -0.25) is 4.99 Å². The summed E-state index contributed by atoms with van der Waals surface area (Å²) >= 11 is 1.70. The smallest absolute Gasteiger partial charge is 0.0882 e. The third-order valence-corrected chi connectivity index (χ3v) is 2.26. The summed E-state index contributed by atoms with van der Waals surface area (Å²) in [5.41, 5.74) is 1.29. The SMILES string of the molecule is C=NCSc1ccc(C)cc1.CC. The van der Waals surface area contributed by atoms with Crippen molar-refractivity contribution in [1.82, 2.24) is 0 Å². The van der Waals surface area contributed by atoms with Gasteiger partial charge in [0.05, 0.1) is 5.88 Å². The summed E-state index contributed by atoms with van der Waals surface area (Å²) < 4.78 is 0. The molecule has 0 bridgehead atoms. The zero-order valence-corrected chi connectivity index (χ0v) is 9.40. The van der Waals surface area contributed by atoms with Gasteiger partial charge in [-0.25, -0.2) is 0 Å². The zero-order valence-electron chi connectivity index (χ0n) is 8.58. The van der Waals surface area contributed by atoms with Crippen LogP contribution in [0.3, 0.4) is 0 Å². The van der Waals surface area contributed by atoms with Crippen molar-refractivity contribution in [2.75, 3.05) is 5.88 Å². The average molecular weight is 195 g/mol. The molecule has 1 nitrogen and oxygen atoms in total. The molecule has 1 rings (SSSR count). The van der Waals surface area contributed by atoms with Crippen LogP contribution in [0.25, 0.3) is 0 Å². The molecule has 0 heterocycles. The molecule has 0 aliphatic rings. The van der Waals surface area contributed by atoms with Gasteiger partial charge < -0.3 is 0 Å². The highest BCUT2D eigenvalue weighted by molar-refractivity contribution is 7.99. The van der Waals surface area contributed by atoms with Crippen LogP contribution in [0, 0.1) is 6.92 Å². The third-order valence-electron chi connectivity index (χ3n) is 1.34. The minimum absolute atomic E-state index is 0.739. The van der Waals surface area contributed by atoms with E-state index in [2.05, 4.69) is 42.9 Å². The van der Waals surface area contributed by atoms with E-state index >= 15 is 0 Å². The van der Waals surface area contributed by atoms with Gasteiger partial charge in [0.2, 0.25) is 0 Å². The predicted molar refractivity (Wildman–Crippen MR) is 62.8 cm³/mol. The Morgan fingerprint density at radius 1 is 1.23 bits per heavy atom. The maximum Gasteiger partial charge on any atom is 0.0882 e. The number of thioether (sulfide) groups is 1. The standard InChI is InChI=1S/C9H11NS.C2H6/c1-8-3-5-9(6-4-8)11-7-10-2;1-2/h3-6H,2,7H2,1H3;1-2H3. The maximum atomic E-state index is 3.77. The second-order valence-corrected chi connectivity index (χ2v) is 3.33. The van der Waals surface area contributed by atoms with Gasteiger partial charge in [-0.15, -0.1) is 11.8 Å². The molecule has 0 spiro atoms. The van der Waals surface area contributed by atoms with Gasteiger partial charge in [-0.2, -0.15) is 0 Å². The second kappa shape index (κ2) is 7.87. The van der Waals surface area contributed by atoms with Crippen LogP contribution in [-0.2, 0) is 0 Å². The maximum absolute atomic E-state index is 3.77. The molecular weight excluding hydrogens is 178 g/mol. The van der Waals surface area contributed by atoms with Gasteiger partial charge in [-0.05, 0) is 25.8 Å². The highest BCUT2D eigenvalue weighted by atomic mass is 32.2. The van der Waals surface area contributed by atoms with Gasteiger partial charge in [0.15, 0.2) is 0 Å². The largest absolute Gasteiger partial charge is 0.290 e. The molecule has 0 saturated carbocycles. The molecule has 72 valence electrons. The first-order chi connectivity index (χ1) is 6.33. The number of aliphatic imine (C=N–C) groups is 1. The fourth-order valence-corrected chi connectivity index (χ4v) is 1.32. The molecule has 0 amide bonds. The lowest BCUT2D eigenvalue weighted by Gasteiger charge is -1.97. The van der Waals surface area contributed by atoms with Crippen LogP contribution in [0.1, 0.15) is 19.4 Å². The van der Waals surface area contributed by atoms with Crippen molar-refractivity contribution >= 4 is 18.5 Å². The molecule has 0 aromatic heterocycles. The van der Waals surface area contributed by atoms with Crippen molar-refractivity contribution in [3.8, 4) is 0 Å². The van der Waals surface area contributed by atoms with Gasteiger partial charge in [0.1, 0.15) is 0 Å². The number of benzene rings is 1. The van der Waals surface area contributed by atoms with Gasteiger partial charge in [0.25, 0.3) is 0 Å². The first-order valence-corrected chi connectivity index (χ1v) is 5.43. The molecule has 0 unspecified atom stereocenters. The minimum atomic E-state index is 0.739. The van der Waals surface area contributed by atoms with E-state index < -0.39 is 0 Å². The monoisotopic (exact) mass is 195 g/mol. The Balaban J connectivity index is 0.000000671. The van der Waals surface area contributed by atoms with Gasteiger partial charge in [0, 0.05) is 4.90 Å². The lowest BCUT2D eigenvalue weighted by Crippen LogP contribution is -1.74. The van der Waals surface area contributed by atoms with Crippen LogP contribution in [0.15, 0.2) is 34.2 Å². The fraction of sp³-hybridized carbons (Fsp3) is 0.364. The molecule has 0 saturated heterocycles. The van der Waals surface area contributed by atoms with Crippen LogP contribution in [0.4, 0.5) is 0 Å². The van der Waals surface area contributed by atoms with Crippen LogP contribution < -0.4 is 0 Å². The molecule has 2 heteroatoms. The Hall–Kier alpha value is -0.760. The Morgan fingerprint density at radius 3 is 2.23 bits per heavy atom. The Kier molecular flexibility index (Phi) is 7.41. The minimum Gasteiger partial charge on any atom is -0.290 e. The molecule has 0 atom stereocenters. The second-order valence-electron chi connectivity index (χ2n) is 2.31. The average Bonchev–Trinajstić information content (AvgIpc) is 2.20. The summed E-state index contributed by atoms with van der Waals surface area (Å²) in [6.07, 6.45) is 0. The van der Waals surface area contributed by atoms with Gasteiger partial charge >= 0.3 is 0 Å². The normalized spacial score (nSPS) is 8.54. The van der Waals surface area contributed by atoms with Gasteiger partial charge in [-0.1, -0.05) is 31.5 Å². The molecule has 1 aromatic rings. The topological polar surface area (TPSA) is 12.4 Å². The summed E-state index contributed by atoms with van der Waals surface area (Å²) in [5, 5.41) is 0. The molecular formula is C11H17NS. The molecule has 13 heavy (non-hydrogen) atoms. The van der Waals surface area contributed by atoms with Crippen LogP contribution in [0.5, 0.6) is 0 Å². The Labute approximate surface area is 85.3 Å². The van der Waals surface area contributed by atoms with Crippen molar-refractivity contribution in [2.24, 2.45) is 4.99 Å². The summed E-state index contributed by atoms with van der Waals surface area (Å²) in [6.45, 7) is 9.51.